The molecule has 1 aliphatic heterocycles. The van der Waals surface area contributed by atoms with Gasteiger partial charge in [-0.25, -0.2) is 17.2 Å². The second kappa shape index (κ2) is 7.26. The molecule has 0 fully saturated rings. The molecule has 0 bridgehead atoms. The Morgan fingerprint density at radius 2 is 1.89 bits per heavy atom. The molecule has 0 radical (unpaired) electrons. The first-order valence-corrected chi connectivity index (χ1v) is 10.4. The summed E-state index contributed by atoms with van der Waals surface area (Å²) in [4.78, 5) is 12.5. The summed E-state index contributed by atoms with van der Waals surface area (Å²) in [5.74, 6) is -2.28. The number of carbonyl (C=O) groups is 1. The molecule has 1 aliphatic rings. The Labute approximate surface area is 157 Å². The second-order valence-electron chi connectivity index (χ2n) is 6.65. The second-order valence-corrected chi connectivity index (χ2v) is 8.56. The van der Waals surface area contributed by atoms with Crippen LogP contribution in [0.15, 0.2) is 36.4 Å². The van der Waals surface area contributed by atoms with Crippen molar-refractivity contribution in [2.45, 2.75) is 25.8 Å². The topological polar surface area (TPSA) is 66.5 Å². The first kappa shape index (κ1) is 19.3. The number of halogens is 2. The number of benzene rings is 2. The van der Waals surface area contributed by atoms with Crippen molar-refractivity contribution in [1.82, 2.24) is 5.32 Å². The van der Waals surface area contributed by atoms with Gasteiger partial charge >= 0.3 is 0 Å². The number of amides is 1. The van der Waals surface area contributed by atoms with Gasteiger partial charge in [-0.15, -0.1) is 0 Å². The lowest BCUT2D eigenvalue weighted by molar-refractivity contribution is 0.0939. The number of rotatable bonds is 4. The first-order chi connectivity index (χ1) is 12.7. The van der Waals surface area contributed by atoms with Crippen molar-refractivity contribution in [1.29, 1.82) is 0 Å². The molecule has 5 nitrogen and oxygen atoms in total. The minimum absolute atomic E-state index is 0.369. The lowest BCUT2D eigenvalue weighted by atomic mass is 10.00. The fraction of sp³-hybridized carbons (Fsp3) is 0.316. The highest BCUT2D eigenvalue weighted by Crippen LogP contribution is 2.30. The quantitative estimate of drug-likeness (QED) is 0.866. The zero-order valence-corrected chi connectivity index (χ0v) is 15.8. The fourth-order valence-electron chi connectivity index (χ4n) is 3.19. The molecular weight excluding hydrogens is 374 g/mol. The Morgan fingerprint density at radius 3 is 2.56 bits per heavy atom. The Kier molecular flexibility index (Phi) is 5.19. The third-order valence-electron chi connectivity index (χ3n) is 4.61. The Bertz CT molecular complexity index is 992. The van der Waals surface area contributed by atoms with Crippen LogP contribution in [-0.4, -0.2) is 27.1 Å². The van der Waals surface area contributed by atoms with Gasteiger partial charge < -0.3 is 5.32 Å². The summed E-state index contributed by atoms with van der Waals surface area (Å²) in [7, 11) is -3.37. The number of hydrogen-bond donors (Lipinski definition) is 1. The lowest BCUT2D eigenvalue weighted by Crippen LogP contribution is -2.35. The molecule has 1 heterocycles. The van der Waals surface area contributed by atoms with Crippen LogP contribution in [0.5, 0.6) is 0 Å². The van der Waals surface area contributed by atoms with Crippen LogP contribution in [0, 0.1) is 11.6 Å². The largest absolute Gasteiger partial charge is 0.346 e. The van der Waals surface area contributed by atoms with E-state index in [9.17, 15) is 22.0 Å². The van der Waals surface area contributed by atoms with Crippen LogP contribution in [0.2, 0.25) is 0 Å². The van der Waals surface area contributed by atoms with Gasteiger partial charge in [-0.3, -0.25) is 9.10 Å². The molecule has 1 amide bonds. The number of fused-ring (bicyclic) bond motifs is 1. The number of nitrogens with zero attached hydrogens (tertiary/aromatic N) is 1. The average molecular weight is 394 g/mol. The highest BCUT2D eigenvalue weighted by molar-refractivity contribution is 7.92. The molecule has 0 aliphatic carbocycles. The van der Waals surface area contributed by atoms with Crippen LogP contribution in [0.1, 0.15) is 40.9 Å². The summed E-state index contributed by atoms with van der Waals surface area (Å²) < 4.78 is 51.6. The van der Waals surface area contributed by atoms with E-state index in [1.807, 2.05) is 0 Å². The predicted octanol–water partition coefficient (Wildman–Crippen LogP) is 3.17. The van der Waals surface area contributed by atoms with Gasteiger partial charge in [-0.05, 0) is 61.2 Å². The van der Waals surface area contributed by atoms with Gasteiger partial charge in [-0.1, -0.05) is 6.07 Å². The van der Waals surface area contributed by atoms with Crippen molar-refractivity contribution in [3.8, 4) is 0 Å². The summed E-state index contributed by atoms with van der Waals surface area (Å²) in [6.45, 7) is 2.10. The molecule has 0 aromatic heterocycles. The van der Waals surface area contributed by atoms with E-state index < -0.39 is 27.7 Å². The van der Waals surface area contributed by atoms with E-state index in [4.69, 9.17) is 0 Å². The fourth-order valence-corrected chi connectivity index (χ4v) is 4.19. The maximum absolute atomic E-state index is 13.4. The van der Waals surface area contributed by atoms with E-state index in [1.54, 1.807) is 25.1 Å². The predicted molar refractivity (Wildman–Crippen MR) is 99.2 cm³/mol. The molecule has 1 atom stereocenters. The average Bonchev–Trinajstić information content (AvgIpc) is 2.62. The summed E-state index contributed by atoms with van der Waals surface area (Å²) in [6, 6.07) is 7.85. The number of hydrogen-bond acceptors (Lipinski definition) is 3. The third kappa shape index (κ3) is 4.10. The molecule has 0 unspecified atom stereocenters. The molecule has 2 aromatic carbocycles. The van der Waals surface area contributed by atoms with Gasteiger partial charge in [0.25, 0.3) is 5.91 Å². The minimum atomic E-state index is -3.37. The minimum Gasteiger partial charge on any atom is -0.346 e. The molecule has 0 saturated carbocycles. The highest BCUT2D eigenvalue weighted by Gasteiger charge is 2.25. The molecule has 8 heteroatoms. The Balaban J connectivity index is 1.80. The molecule has 0 saturated heterocycles. The van der Waals surface area contributed by atoms with Crippen molar-refractivity contribution in [3.05, 3.63) is 64.7 Å². The van der Waals surface area contributed by atoms with E-state index in [2.05, 4.69) is 5.32 Å². The third-order valence-corrected chi connectivity index (χ3v) is 5.79. The maximum Gasteiger partial charge on any atom is 0.251 e. The van der Waals surface area contributed by atoms with Crippen molar-refractivity contribution in [2.75, 3.05) is 17.1 Å². The Hall–Kier alpha value is -2.48. The Morgan fingerprint density at radius 1 is 1.15 bits per heavy atom. The van der Waals surface area contributed by atoms with E-state index in [-0.39, 0.29) is 5.91 Å². The normalized spacial score (nSPS) is 15.2. The number of carbonyl (C=O) groups excluding carboxylic acids is 1. The standard InChI is InChI=1S/C19H20F2N2O3S/c1-12(13-5-7-16(20)17(21)11-13)22-19(24)15-6-8-18-14(10-15)4-3-9-23(18)27(2,25)26/h5-8,10-12H,3-4,9H2,1-2H3,(H,22,24)/t12-/m0/s1. The lowest BCUT2D eigenvalue weighted by Gasteiger charge is -2.29. The smallest absolute Gasteiger partial charge is 0.251 e. The summed E-state index contributed by atoms with van der Waals surface area (Å²) in [5, 5.41) is 2.75. The first-order valence-electron chi connectivity index (χ1n) is 8.53. The molecular formula is C19H20F2N2O3S. The van der Waals surface area contributed by atoms with Crippen LogP contribution >= 0.6 is 0 Å². The van der Waals surface area contributed by atoms with Crippen LogP contribution in [0.4, 0.5) is 14.5 Å². The van der Waals surface area contributed by atoms with Gasteiger partial charge in [0.2, 0.25) is 10.0 Å². The van der Waals surface area contributed by atoms with E-state index >= 15 is 0 Å². The summed E-state index contributed by atoms with van der Waals surface area (Å²) in [5.41, 5.74) is 2.22. The monoisotopic (exact) mass is 394 g/mol. The summed E-state index contributed by atoms with van der Waals surface area (Å²) >= 11 is 0. The molecule has 3 rings (SSSR count). The molecule has 27 heavy (non-hydrogen) atoms. The van der Waals surface area contributed by atoms with Gasteiger partial charge in [0, 0.05) is 12.1 Å². The van der Waals surface area contributed by atoms with Crippen molar-refractivity contribution >= 4 is 21.6 Å². The number of sulfonamides is 1. The highest BCUT2D eigenvalue weighted by atomic mass is 32.2. The van der Waals surface area contributed by atoms with Crippen LogP contribution in [0.3, 0.4) is 0 Å². The number of anilines is 1. The molecule has 2 aromatic rings. The van der Waals surface area contributed by atoms with E-state index in [1.165, 1.54) is 10.4 Å². The molecule has 1 N–H and O–H groups in total. The zero-order valence-electron chi connectivity index (χ0n) is 15.0. The van der Waals surface area contributed by atoms with Crippen LogP contribution in [-0.2, 0) is 16.4 Å². The van der Waals surface area contributed by atoms with E-state index in [0.29, 0.717) is 36.2 Å². The molecule has 0 spiro atoms. The molecule has 144 valence electrons. The summed E-state index contributed by atoms with van der Waals surface area (Å²) in [6.07, 6.45) is 2.52. The maximum atomic E-state index is 13.4. The number of aryl methyl sites for hydroxylation is 1. The van der Waals surface area contributed by atoms with Crippen molar-refractivity contribution < 1.29 is 22.0 Å². The van der Waals surface area contributed by atoms with Crippen molar-refractivity contribution in [2.24, 2.45) is 0 Å². The van der Waals surface area contributed by atoms with Gasteiger partial charge in [-0.2, -0.15) is 0 Å². The van der Waals surface area contributed by atoms with Crippen LogP contribution < -0.4 is 9.62 Å². The van der Waals surface area contributed by atoms with E-state index in [0.717, 1.165) is 24.0 Å². The van der Waals surface area contributed by atoms with Gasteiger partial charge in [0.1, 0.15) is 0 Å². The number of nitrogens with one attached hydrogen (secondary N) is 1. The van der Waals surface area contributed by atoms with Gasteiger partial charge in [0.05, 0.1) is 18.0 Å². The van der Waals surface area contributed by atoms with Gasteiger partial charge in [0.15, 0.2) is 11.6 Å². The zero-order chi connectivity index (χ0) is 19.8. The van der Waals surface area contributed by atoms with Crippen LogP contribution in [0.25, 0.3) is 0 Å². The van der Waals surface area contributed by atoms with Crippen molar-refractivity contribution in [3.63, 3.8) is 0 Å². The SMILES string of the molecule is C[C@H](NC(=O)c1ccc2c(c1)CCCN2S(C)(=O)=O)c1ccc(F)c(F)c1.